The van der Waals surface area contributed by atoms with Crippen LogP contribution < -0.4 is 5.32 Å². The monoisotopic (exact) mass is 589 g/mol. The van der Waals surface area contributed by atoms with Gasteiger partial charge in [-0.2, -0.15) is 4.31 Å². The van der Waals surface area contributed by atoms with Gasteiger partial charge in [0.05, 0.1) is 11.6 Å². The Morgan fingerprint density at radius 2 is 1.71 bits per heavy atom. The van der Waals surface area contributed by atoms with E-state index in [0.717, 1.165) is 15.4 Å². The van der Waals surface area contributed by atoms with E-state index in [1.54, 1.807) is 0 Å². The fourth-order valence-electron chi connectivity index (χ4n) is 3.58. The first-order valence-corrected chi connectivity index (χ1v) is 14.9. The van der Waals surface area contributed by atoms with Gasteiger partial charge in [0.2, 0.25) is 21.1 Å². The Labute approximate surface area is 235 Å². The van der Waals surface area contributed by atoms with Crippen molar-refractivity contribution in [2.45, 2.75) is 16.5 Å². The average molecular weight is 591 g/mol. The summed E-state index contributed by atoms with van der Waals surface area (Å²) in [5, 5.41) is 10.7. The second kappa shape index (κ2) is 13.3. The van der Waals surface area contributed by atoms with E-state index in [9.17, 15) is 13.2 Å². The van der Waals surface area contributed by atoms with Crippen LogP contribution in [0, 0.1) is 0 Å². The summed E-state index contributed by atoms with van der Waals surface area (Å²) < 4.78 is 28.1. The van der Waals surface area contributed by atoms with Gasteiger partial charge >= 0.3 is 0 Å². The normalized spacial score (nSPS) is 11.6. The molecule has 0 aliphatic rings. The molecule has 0 atom stereocenters. The minimum absolute atomic E-state index is 0.0392. The number of carbonyl (C=O) groups is 1. The SMILES string of the molecule is O=C(CN(CCc1ccccc1)S(=O)(=O)c1cc(Cl)ccc1Cl)NCCSc1n[nH]c(-c2ccccc2)n1. The lowest BCUT2D eigenvalue weighted by molar-refractivity contribution is -0.121. The van der Waals surface area contributed by atoms with E-state index >= 15 is 0 Å². The molecule has 198 valence electrons. The van der Waals surface area contributed by atoms with Crippen molar-refractivity contribution in [1.29, 1.82) is 0 Å². The molecular formula is C26H25Cl2N5O3S2. The summed E-state index contributed by atoms with van der Waals surface area (Å²) >= 11 is 13.6. The maximum Gasteiger partial charge on any atom is 0.245 e. The molecular weight excluding hydrogens is 565 g/mol. The van der Waals surface area contributed by atoms with Gasteiger partial charge in [0.1, 0.15) is 4.90 Å². The molecule has 2 N–H and O–H groups in total. The lowest BCUT2D eigenvalue weighted by atomic mass is 10.1. The van der Waals surface area contributed by atoms with Crippen molar-refractivity contribution in [2.75, 3.05) is 25.4 Å². The molecule has 0 bridgehead atoms. The standard InChI is InChI=1S/C26H25Cl2N5O3S2/c27-21-11-12-22(28)23(17-21)38(35,36)33(15-13-19-7-3-1-4-8-19)18-24(34)29-14-16-37-26-30-25(31-32-26)20-9-5-2-6-10-20/h1-12,17H,13-16,18H2,(H,29,34)(H,30,31,32). The Morgan fingerprint density at radius 1 is 1.00 bits per heavy atom. The summed E-state index contributed by atoms with van der Waals surface area (Å²) in [7, 11) is -4.09. The highest BCUT2D eigenvalue weighted by Gasteiger charge is 2.28. The molecule has 0 fully saturated rings. The second-order valence-corrected chi connectivity index (χ2v) is 12.0. The minimum atomic E-state index is -4.09. The van der Waals surface area contributed by atoms with Crippen LogP contribution in [0.4, 0.5) is 0 Å². The third kappa shape index (κ3) is 7.58. The molecule has 1 aromatic heterocycles. The number of rotatable bonds is 12. The number of sulfonamides is 1. The number of benzene rings is 3. The Balaban J connectivity index is 1.37. The average Bonchev–Trinajstić information content (AvgIpc) is 3.40. The Kier molecular flexibility index (Phi) is 9.81. The zero-order valence-corrected chi connectivity index (χ0v) is 23.3. The van der Waals surface area contributed by atoms with Crippen LogP contribution in [0.5, 0.6) is 0 Å². The van der Waals surface area contributed by atoms with Crippen molar-refractivity contribution in [1.82, 2.24) is 24.8 Å². The van der Waals surface area contributed by atoms with E-state index in [2.05, 4.69) is 20.5 Å². The first kappa shape index (κ1) is 28.1. The lowest BCUT2D eigenvalue weighted by Gasteiger charge is -2.22. The van der Waals surface area contributed by atoms with Crippen molar-refractivity contribution in [2.24, 2.45) is 0 Å². The molecule has 1 amide bonds. The van der Waals surface area contributed by atoms with Crippen LogP contribution >= 0.6 is 35.0 Å². The number of aromatic nitrogens is 3. The van der Waals surface area contributed by atoms with E-state index in [0.29, 0.717) is 29.7 Å². The quantitative estimate of drug-likeness (QED) is 0.179. The van der Waals surface area contributed by atoms with Crippen LogP contribution in [0.1, 0.15) is 5.56 Å². The number of thioether (sulfide) groups is 1. The highest BCUT2D eigenvalue weighted by atomic mass is 35.5. The fraction of sp³-hybridized carbons (Fsp3) is 0.192. The molecule has 38 heavy (non-hydrogen) atoms. The molecule has 0 spiro atoms. The molecule has 0 saturated carbocycles. The molecule has 4 aromatic rings. The van der Waals surface area contributed by atoms with E-state index < -0.39 is 15.9 Å². The first-order valence-electron chi connectivity index (χ1n) is 11.7. The van der Waals surface area contributed by atoms with Crippen LogP contribution in [-0.2, 0) is 21.2 Å². The van der Waals surface area contributed by atoms with E-state index in [-0.39, 0.29) is 28.0 Å². The Hall–Kier alpha value is -2.89. The van der Waals surface area contributed by atoms with Gasteiger partial charge in [-0.3, -0.25) is 9.89 Å². The third-order valence-electron chi connectivity index (χ3n) is 5.49. The molecule has 0 unspecified atom stereocenters. The summed E-state index contributed by atoms with van der Waals surface area (Å²) in [6.07, 6.45) is 0.427. The van der Waals surface area contributed by atoms with Crippen molar-refractivity contribution in [3.05, 3.63) is 94.5 Å². The van der Waals surface area contributed by atoms with Gasteiger partial charge in [-0.1, -0.05) is 95.6 Å². The van der Waals surface area contributed by atoms with Crippen LogP contribution in [0.2, 0.25) is 10.0 Å². The summed E-state index contributed by atoms with van der Waals surface area (Å²) in [4.78, 5) is 17.1. The van der Waals surface area contributed by atoms with Gasteiger partial charge in [0, 0.05) is 29.4 Å². The number of nitrogens with one attached hydrogen (secondary N) is 2. The fourth-order valence-corrected chi connectivity index (χ4v) is 6.37. The van der Waals surface area contributed by atoms with Crippen molar-refractivity contribution in [3.63, 3.8) is 0 Å². The maximum absolute atomic E-state index is 13.5. The maximum atomic E-state index is 13.5. The van der Waals surface area contributed by atoms with Crippen LogP contribution in [0.3, 0.4) is 0 Å². The Bertz CT molecular complexity index is 1470. The van der Waals surface area contributed by atoms with E-state index in [1.807, 2.05) is 60.7 Å². The molecule has 0 aliphatic carbocycles. The molecule has 0 aliphatic heterocycles. The summed E-state index contributed by atoms with van der Waals surface area (Å²) in [5.74, 6) is 0.741. The smallest absolute Gasteiger partial charge is 0.245 e. The molecule has 0 radical (unpaired) electrons. The number of amides is 1. The summed E-state index contributed by atoms with van der Waals surface area (Å²) in [5.41, 5.74) is 1.87. The van der Waals surface area contributed by atoms with E-state index in [1.165, 1.54) is 30.0 Å². The first-order chi connectivity index (χ1) is 18.3. The van der Waals surface area contributed by atoms with Gasteiger partial charge in [-0.15, -0.1) is 5.10 Å². The number of nitrogens with zero attached hydrogens (tertiary/aromatic N) is 3. The highest BCUT2D eigenvalue weighted by molar-refractivity contribution is 7.99. The molecule has 4 rings (SSSR count). The summed E-state index contributed by atoms with van der Waals surface area (Å²) in [6.45, 7) is 0.0432. The second-order valence-electron chi connectivity index (χ2n) is 8.18. The zero-order chi connectivity index (χ0) is 27.0. The molecule has 0 saturated heterocycles. The largest absolute Gasteiger partial charge is 0.354 e. The number of H-pyrrole nitrogens is 1. The Morgan fingerprint density at radius 3 is 2.45 bits per heavy atom. The number of aromatic amines is 1. The lowest BCUT2D eigenvalue weighted by Crippen LogP contribution is -2.42. The van der Waals surface area contributed by atoms with Gasteiger partial charge in [-0.05, 0) is 30.2 Å². The van der Waals surface area contributed by atoms with Crippen LogP contribution in [0.15, 0.2) is 88.9 Å². The van der Waals surface area contributed by atoms with Crippen molar-refractivity contribution < 1.29 is 13.2 Å². The minimum Gasteiger partial charge on any atom is -0.354 e. The highest BCUT2D eigenvalue weighted by Crippen LogP contribution is 2.28. The van der Waals surface area contributed by atoms with Crippen molar-refractivity contribution in [3.8, 4) is 11.4 Å². The van der Waals surface area contributed by atoms with Gasteiger partial charge in [0.15, 0.2) is 5.82 Å². The predicted molar refractivity (Wildman–Crippen MR) is 151 cm³/mol. The van der Waals surface area contributed by atoms with Gasteiger partial charge in [-0.25, -0.2) is 13.4 Å². The number of halogens is 2. The molecule has 12 heteroatoms. The number of hydrogen-bond donors (Lipinski definition) is 2. The zero-order valence-electron chi connectivity index (χ0n) is 20.2. The molecule has 1 heterocycles. The number of hydrogen-bond acceptors (Lipinski definition) is 6. The number of carbonyl (C=O) groups excluding carboxylic acids is 1. The van der Waals surface area contributed by atoms with Crippen molar-refractivity contribution >= 4 is 50.9 Å². The third-order valence-corrected chi connectivity index (χ3v) is 8.90. The molecule has 8 nitrogen and oxygen atoms in total. The van der Waals surface area contributed by atoms with Gasteiger partial charge in [0.25, 0.3) is 0 Å². The van der Waals surface area contributed by atoms with E-state index in [4.69, 9.17) is 23.2 Å². The molecule has 3 aromatic carbocycles. The summed E-state index contributed by atoms with van der Waals surface area (Å²) in [6, 6.07) is 23.3. The predicted octanol–water partition coefficient (Wildman–Crippen LogP) is 4.92. The van der Waals surface area contributed by atoms with Crippen LogP contribution in [0.25, 0.3) is 11.4 Å². The van der Waals surface area contributed by atoms with Gasteiger partial charge < -0.3 is 5.32 Å². The topological polar surface area (TPSA) is 108 Å². The van der Waals surface area contributed by atoms with Crippen LogP contribution in [-0.4, -0.2) is 59.2 Å².